The summed E-state index contributed by atoms with van der Waals surface area (Å²) in [7, 11) is 0. The zero-order chi connectivity index (χ0) is 32.7. The van der Waals surface area contributed by atoms with E-state index in [1.54, 1.807) is 24.3 Å². The second kappa shape index (κ2) is 13.9. The van der Waals surface area contributed by atoms with Crippen LogP contribution in [0.1, 0.15) is 41.4 Å². The zero-order valence-electron chi connectivity index (χ0n) is 23.9. The molecule has 0 spiro atoms. The number of rotatable bonds is 9. The van der Waals surface area contributed by atoms with E-state index in [4.69, 9.17) is 20.9 Å². The molecule has 1 fully saturated rings. The van der Waals surface area contributed by atoms with E-state index in [0.29, 0.717) is 23.2 Å². The number of aryl methyl sites for hydroxylation is 1. The third-order valence-electron chi connectivity index (χ3n) is 6.91. The molecule has 1 saturated carbocycles. The first kappa shape index (κ1) is 32.4. The second-order valence-corrected chi connectivity index (χ2v) is 9.99. The molecule has 0 atom stereocenters. The number of aromatic nitrogens is 5. The van der Waals surface area contributed by atoms with E-state index in [-0.39, 0.29) is 60.3 Å². The standard InChI is InChI=1S/C27H27F3N10O2.CH2O2/c1-2-15-9-17(3-4-19(15)26(42)35-13-22(41)36-18-10-16(32)11-18)37-24-25-34-12-21(40(25)8-6-33-24)20-14-39(7-5-31)38-23(20)27(28,29)30;2-1-3/h3-4,6,8-9,12,14,16,18H,2,7,10-11,13,32H2,1H3,(H,33,37)(H,35,42)(H,36,41);1H,(H,2,3). The number of alkyl halides is 3. The summed E-state index contributed by atoms with van der Waals surface area (Å²) in [6.07, 6.45) is 2.55. The molecule has 17 heteroatoms. The van der Waals surface area contributed by atoms with Crippen molar-refractivity contribution < 1.29 is 32.7 Å². The van der Waals surface area contributed by atoms with Gasteiger partial charge in [0, 0.05) is 41.9 Å². The predicted octanol–water partition coefficient (Wildman–Crippen LogP) is 2.48. The number of anilines is 2. The van der Waals surface area contributed by atoms with Gasteiger partial charge in [-0.2, -0.15) is 23.5 Å². The average Bonchev–Trinajstić information content (AvgIpc) is 3.61. The van der Waals surface area contributed by atoms with E-state index in [2.05, 4.69) is 31.0 Å². The number of nitriles is 1. The van der Waals surface area contributed by atoms with Crippen molar-refractivity contribution in [3.8, 4) is 17.3 Å². The Balaban J connectivity index is 0.00000148. The van der Waals surface area contributed by atoms with Crippen molar-refractivity contribution in [2.24, 2.45) is 5.73 Å². The molecule has 1 aromatic carbocycles. The lowest BCUT2D eigenvalue weighted by Gasteiger charge is -2.32. The highest BCUT2D eigenvalue weighted by atomic mass is 19.4. The molecule has 0 saturated heterocycles. The summed E-state index contributed by atoms with van der Waals surface area (Å²) in [5, 5.41) is 27.9. The smallest absolute Gasteiger partial charge is 0.435 e. The lowest BCUT2D eigenvalue weighted by molar-refractivity contribution is -0.141. The van der Waals surface area contributed by atoms with Crippen LogP contribution in [-0.4, -0.2) is 66.2 Å². The summed E-state index contributed by atoms with van der Waals surface area (Å²) in [5.74, 6) is -0.405. The van der Waals surface area contributed by atoms with Gasteiger partial charge in [0.1, 0.15) is 6.54 Å². The minimum absolute atomic E-state index is 0.0400. The highest BCUT2D eigenvalue weighted by Gasteiger charge is 2.38. The summed E-state index contributed by atoms with van der Waals surface area (Å²) in [6.45, 7) is 1.13. The molecule has 3 aromatic heterocycles. The number of carboxylic acid groups (broad SMARTS) is 1. The number of carbonyl (C=O) groups is 3. The summed E-state index contributed by atoms with van der Waals surface area (Å²) >= 11 is 0. The number of fused-ring (bicyclic) bond motifs is 1. The summed E-state index contributed by atoms with van der Waals surface area (Å²) in [4.78, 5) is 41.9. The molecule has 236 valence electrons. The van der Waals surface area contributed by atoms with Gasteiger partial charge in [0.15, 0.2) is 17.2 Å². The van der Waals surface area contributed by atoms with Crippen LogP contribution in [-0.2, 0) is 28.7 Å². The Labute approximate surface area is 254 Å². The Bertz CT molecular complexity index is 1740. The topological polar surface area (TPSA) is 205 Å². The van der Waals surface area contributed by atoms with Crippen LogP contribution in [0.3, 0.4) is 0 Å². The van der Waals surface area contributed by atoms with Crippen LogP contribution in [0, 0.1) is 11.3 Å². The maximum Gasteiger partial charge on any atom is 0.435 e. The molecular formula is C28H29F3N10O4. The van der Waals surface area contributed by atoms with Crippen molar-refractivity contribution >= 4 is 35.4 Å². The van der Waals surface area contributed by atoms with E-state index in [0.717, 1.165) is 23.7 Å². The number of hydrogen-bond acceptors (Lipinski definition) is 9. The number of nitrogens with zero attached hydrogens (tertiary/aromatic N) is 6. The van der Waals surface area contributed by atoms with Crippen molar-refractivity contribution in [1.82, 2.24) is 34.8 Å². The predicted molar refractivity (Wildman–Crippen MR) is 154 cm³/mol. The van der Waals surface area contributed by atoms with Crippen LogP contribution in [0.5, 0.6) is 0 Å². The Kier molecular flexibility index (Phi) is 9.98. The van der Waals surface area contributed by atoms with Gasteiger partial charge in [0.25, 0.3) is 12.4 Å². The van der Waals surface area contributed by atoms with Crippen LogP contribution in [0.4, 0.5) is 24.7 Å². The molecule has 0 radical (unpaired) electrons. The van der Waals surface area contributed by atoms with Crippen LogP contribution in [0.2, 0.25) is 0 Å². The molecule has 45 heavy (non-hydrogen) atoms. The van der Waals surface area contributed by atoms with E-state index in [1.165, 1.54) is 23.0 Å². The quantitative estimate of drug-likeness (QED) is 0.172. The molecule has 0 aliphatic heterocycles. The largest absolute Gasteiger partial charge is 0.483 e. The van der Waals surface area contributed by atoms with E-state index in [1.807, 2.05) is 6.92 Å². The highest BCUT2D eigenvalue weighted by Crippen LogP contribution is 2.37. The average molecular weight is 627 g/mol. The Morgan fingerprint density at radius 3 is 2.64 bits per heavy atom. The molecular weight excluding hydrogens is 597 g/mol. The Morgan fingerprint density at radius 1 is 1.27 bits per heavy atom. The first-order valence-corrected chi connectivity index (χ1v) is 13.6. The van der Waals surface area contributed by atoms with Gasteiger partial charge in [-0.15, -0.1) is 0 Å². The van der Waals surface area contributed by atoms with Gasteiger partial charge < -0.3 is 26.8 Å². The maximum absolute atomic E-state index is 13.7. The SMILES string of the molecule is CCc1cc(Nc2nccn3c(-c4cn(CC#N)nc4C(F)(F)F)cnc23)ccc1C(=O)NCC(=O)NC1CC(N)C1.O=CO. The van der Waals surface area contributed by atoms with Crippen LogP contribution in [0.15, 0.2) is 43.0 Å². The molecule has 0 bridgehead atoms. The molecule has 4 aromatic rings. The van der Waals surface area contributed by atoms with Crippen molar-refractivity contribution in [1.29, 1.82) is 5.26 Å². The number of imidazole rings is 1. The van der Waals surface area contributed by atoms with Gasteiger partial charge in [0.2, 0.25) is 5.91 Å². The van der Waals surface area contributed by atoms with Crippen molar-refractivity contribution in [2.45, 2.75) is 51.0 Å². The van der Waals surface area contributed by atoms with Gasteiger partial charge in [-0.05, 0) is 43.0 Å². The summed E-state index contributed by atoms with van der Waals surface area (Å²) in [6, 6.07) is 6.96. The molecule has 3 heterocycles. The number of nitrogens with one attached hydrogen (secondary N) is 3. The molecule has 6 N–H and O–H groups in total. The summed E-state index contributed by atoms with van der Waals surface area (Å²) in [5.41, 5.74) is 6.45. The molecule has 0 unspecified atom stereocenters. The van der Waals surface area contributed by atoms with Crippen LogP contribution >= 0.6 is 0 Å². The first-order chi connectivity index (χ1) is 21.5. The van der Waals surface area contributed by atoms with Crippen LogP contribution < -0.4 is 21.7 Å². The molecule has 14 nitrogen and oxygen atoms in total. The van der Waals surface area contributed by atoms with Gasteiger partial charge in [-0.25, -0.2) is 9.97 Å². The fourth-order valence-electron chi connectivity index (χ4n) is 4.81. The third-order valence-corrected chi connectivity index (χ3v) is 6.91. The Hall–Kier alpha value is -5.50. The van der Waals surface area contributed by atoms with Crippen LogP contribution in [0.25, 0.3) is 16.9 Å². The van der Waals surface area contributed by atoms with Gasteiger partial charge in [-0.3, -0.25) is 23.5 Å². The fourth-order valence-corrected chi connectivity index (χ4v) is 4.81. The molecule has 5 rings (SSSR count). The fraction of sp³-hybridized carbons (Fsp3) is 0.321. The Morgan fingerprint density at radius 2 is 2.00 bits per heavy atom. The lowest BCUT2D eigenvalue weighted by atomic mass is 9.88. The monoisotopic (exact) mass is 626 g/mol. The van der Waals surface area contributed by atoms with Gasteiger partial charge in [0.05, 0.1) is 30.1 Å². The minimum Gasteiger partial charge on any atom is -0.483 e. The van der Waals surface area contributed by atoms with E-state index in [9.17, 15) is 22.8 Å². The number of hydrogen-bond donors (Lipinski definition) is 5. The minimum atomic E-state index is -4.74. The molecule has 1 aliphatic carbocycles. The number of nitrogens with two attached hydrogens (primary N) is 1. The first-order valence-electron chi connectivity index (χ1n) is 13.6. The number of amides is 2. The third kappa shape index (κ3) is 7.54. The summed E-state index contributed by atoms with van der Waals surface area (Å²) < 4.78 is 43.5. The highest BCUT2D eigenvalue weighted by molar-refractivity contribution is 5.98. The van der Waals surface area contributed by atoms with Crippen molar-refractivity contribution in [2.75, 3.05) is 11.9 Å². The van der Waals surface area contributed by atoms with Crippen molar-refractivity contribution in [3.63, 3.8) is 0 Å². The number of halogens is 3. The zero-order valence-corrected chi connectivity index (χ0v) is 23.9. The van der Waals surface area contributed by atoms with Gasteiger partial charge >= 0.3 is 6.18 Å². The lowest BCUT2D eigenvalue weighted by Crippen LogP contribution is -2.52. The van der Waals surface area contributed by atoms with Crippen molar-refractivity contribution in [3.05, 3.63) is 59.8 Å². The molecule has 1 aliphatic rings. The maximum atomic E-state index is 13.7. The molecule has 2 amide bonds. The number of carbonyl (C=O) groups excluding carboxylic acids is 2. The normalized spacial score (nSPS) is 15.6. The second-order valence-electron chi connectivity index (χ2n) is 9.99. The van der Waals surface area contributed by atoms with Gasteiger partial charge in [-0.1, -0.05) is 6.92 Å². The number of benzene rings is 1. The van der Waals surface area contributed by atoms with E-state index < -0.39 is 17.8 Å². The van der Waals surface area contributed by atoms with E-state index >= 15 is 0 Å².